The fourth-order valence-corrected chi connectivity index (χ4v) is 8.58. The van der Waals surface area contributed by atoms with Crippen LogP contribution in [0.4, 0.5) is 105 Å². The Kier molecular flexibility index (Phi) is 16.8. The number of aromatic nitrogens is 2. The first-order valence-corrected chi connectivity index (χ1v) is 22.3. The number of hydrogen-bond acceptors (Lipinski definition) is 2. The fraction of sp³-hybridized carbons (Fsp3) is 0.212. The van der Waals surface area contributed by atoms with Crippen LogP contribution in [0.25, 0.3) is 0 Å². The summed E-state index contributed by atoms with van der Waals surface area (Å²) >= 11 is 0. The Morgan fingerprint density at radius 2 is 0.700 bits per heavy atom. The number of ketones is 1. The molecule has 0 unspecified atom stereocenters. The van der Waals surface area contributed by atoms with Gasteiger partial charge < -0.3 is 0 Å². The minimum atomic E-state index is -6.13. The van der Waals surface area contributed by atoms with E-state index >= 15 is 0 Å². The van der Waals surface area contributed by atoms with Crippen molar-refractivity contribution in [1.82, 2.24) is 4.98 Å². The number of benzene rings is 6. The number of alkyl halides is 24. The normalized spacial score (nSPS) is 13.2. The van der Waals surface area contributed by atoms with E-state index in [1.807, 2.05) is 47.3 Å². The van der Waals surface area contributed by atoms with Crippen molar-refractivity contribution in [2.75, 3.05) is 0 Å². The molecule has 0 fully saturated rings. The van der Waals surface area contributed by atoms with Crippen LogP contribution in [0.1, 0.15) is 71.7 Å². The molecule has 0 aliphatic carbocycles. The summed E-state index contributed by atoms with van der Waals surface area (Å²) < 4.78 is 343. The standard InChI is InChI=1S/C32H12BF24.C20H19N2O/c34-25(35,36)13-1-14(26(37,38)39)6-21(5-13)33(22-7-15(27(40,41)42)2-16(8-22)28(43,44)45,23-9-17(29(46,47)48)3-18(10-23)30(49,50)51)24-11-19(31(52,53)54)4-20(12-24)32(55,56)57;1-16-7-9-17(10-8-16)13-19-14-21-11-12-22(19)15-20(23)18-5-3-2-4-6-18/h1-12H;2-12,14H,13,15H2,1H3/q-1;+1. The lowest BCUT2D eigenvalue weighted by Crippen LogP contribution is -2.75. The third-order valence-electron chi connectivity index (χ3n) is 12.3. The quantitative estimate of drug-likeness (QED) is 0.0625. The van der Waals surface area contributed by atoms with Gasteiger partial charge >= 0.3 is 49.4 Å². The largest absolute Gasteiger partial charge is 0.416 e. The van der Waals surface area contributed by atoms with E-state index in [-0.39, 0.29) is 5.78 Å². The zero-order chi connectivity index (χ0) is 60.0. The maximum atomic E-state index is 14.2. The lowest BCUT2D eigenvalue weighted by atomic mass is 9.12. The maximum absolute atomic E-state index is 14.2. The molecule has 426 valence electrons. The smallest absolute Gasteiger partial charge is 0.287 e. The summed E-state index contributed by atoms with van der Waals surface area (Å²) in [4.78, 5) is 16.6. The molecule has 0 saturated carbocycles. The number of aryl methyl sites for hydroxylation is 1. The Hall–Kier alpha value is -7.55. The topological polar surface area (TPSA) is 33.8 Å². The van der Waals surface area contributed by atoms with Gasteiger partial charge in [0.05, 0.1) is 63.3 Å². The molecule has 0 aliphatic heterocycles. The van der Waals surface area contributed by atoms with Gasteiger partial charge in [0.15, 0.2) is 6.20 Å². The summed E-state index contributed by atoms with van der Waals surface area (Å²) in [6.45, 7) is 2.40. The average Bonchev–Trinajstić information content (AvgIpc) is 3.34. The molecule has 80 heavy (non-hydrogen) atoms. The van der Waals surface area contributed by atoms with Gasteiger partial charge in [-0.3, -0.25) is 9.78 Å². The summed E-state index contributed by atoms with van der Waals surface area (Å²) in [6, 6.07) is 9.02. The summed E-state index contributed by atoms with van der Waals surface area (Å²) in [5, 5.41) is 0. The highest BCUT2D eigenvalue weighted by Gasteiger charge is 2.47. The van der Waals surface area contributed by atoms with Gasteiger partial charge in [-0.15, -0.1) is 0 Å². The van der Waals surface area contributed by atoms with E-state index in [0.717, 1.165) is 17.7 Å². The average molecular weight is 1170 g/mol. The molecule has 1 aromatic heterocycles. The van der Waals surface area contributed by atoms with Crippen molar-refractivity contribution in [3.05, 3.63) is 213 Å². The van der Waals surface area contributed by atoms with Gasteiger partial charge in [0.1, 0.15) is 6.15 Å². The first kappa shape index (κ1) is 61.7. The highest BCUT2D eigenvalue weighted by atomic mass is 19.4. The van der Waals surface area contributed by atoms with E-state index in [1.165, 1.54) is 11.1 Å². The van der Waals surface area contributed by atoms with Crippen molar-refractivity contribution >= 4 is 33.8 Å². The van der Waals surface area contributed by atoms with Crippen molar-refractivity contribution in [1.29, 1.82) is 0 Å². The SMILES string of the molecule is Cc1ccc(Cc2cncc[n+]2CC(=O)c2ccccc2)cc1.FC(F)(F)c1cc([B-](c2cc(C(F)(F)F)cc(C(F)(F)F)c2)(c2cc(C(F)(F)F)cc(C(F)(F)F)c2)c2cc(C(F)(F)F)cc(C(F)(F)F)c2)cc(C(F)(F)F)c1. The molecule has 0 amide bonds. The zero-order valence-corrected chi connectivity index (χ0v) is 39.7. The van der Waals surface area contributed by atoms with E-state index in [4.69, 9.17) is 0 Å². The highest BCUT2D eigenvalue weighted by Crippen LogP contribution is 2.41. The summed E-state index contributed by atoms with van der Waals surface area (Å²) in [6.07, 6.45) is -48.6. The van der Waals surface area contributed by atoms with E-state index in [0.29, 0.717) is 6.54 Å². The van der Waals surface area contributed by atoms with Gasteiger partial charge in [0.25, 0.3) is 0 Å². The van der Waals surface area contributed by atoms with Crippen molar-refractivity contribution in [2.45, 2.75) is 69.3 Å². The fourth-order valence-electron chi connectivity index (χ4n) is 8.58. The number of hydrogen-bond donors (Lipinski definition) is 0. The molecule has 28 heteroatoms. The van der Waals surface area contributed by atoms with Crippen LogP contribution in [0.5, 0.6) is 0 Å². The van der Waals surface area contributed by atoms with Gasteiger partial charge in [-0.1, -0.05) is 109 Å². The van der Waals surface area contributed by atoms with Crippen LogP contribution < -0.4 is 26.4 Å². The molecule has 7 rings (SSSR count). The van der Waals surface area contributed by atoms with E-state index in [1.54, 1.807) is 6.20 Å². The minimum absolute atomic E-state index is 0.104. The molecular formula is C52H31BF24N2O. The van der Waals surface area contributed by atoms with Crippen molar-refractivity contribution in [2.24, 2.45) is 0 Å². The molecule has 0 saturated heterocycles. The Balaban J connectivity index is 0.000000370. The first-order valence-electron chi connectivity index (χ1n) is 22.3. The monoisotopic (exact) mass is 1170 g/mol. The lowest BCUT2D eigenvalue weighted by Gasteiger charge is -2.46. The third-order valence-corrected chi connectivity index (χ3v) is 12.3. The Morgan fingerprint density at radius 3 is 0.975 bits per heavy atom. The molecule has 3 nitrogen and oxygen atoms in total. The summed E-state index contributed by atoms with van der Waals surface area (Å²) in [5.41, 5.74) is -26.0. The highest BCUT2D eigenvalue weighted by molar-refractivity contribution is 7.20. The molecule has 0 atom stereocenters. The van der Waals surface area contributed by atoms with Crippen LogP contribution >= 0.6 is 0 Å². The Bertz CT molecular complexity index is 2910. The number of carbonyl (C=O) groups is 1. The molecule has 1 heterocycles. The van der Waals surface area contributed by atoms with Crippen LogP contribution in [-0.4, -0.2) is 16.9 Å². The summed E-state index contributed by atoms with van der Waals surface area (Å²) in [7, 11) is 0. The Morgan fingerprint density at radius 1 is 0.412 bits per heavy atom. The second-order valence-corrected chi connectivity index (χ2v) is 17.9. The van der Waals surface area contributed by atoms with E-state index in [2.05, 4.69) is 36.2 Å². The van der Waals surface area contributed by atoms with Crippen LogP contribution in [0.2, 0.25) is 0 Å². The number of halogens is 24. The number of carbonyl (C=O) groups excluding carboxylic acids is 1. The predicted octanol–water partition coefficient (Wildman–Crippen LogP) is 14.4. The molecular weight excluding hydrogens is 1140 g/mol. The molecule has 0 N–H and O–H groups in total. The third kappa shape index (κ3) is 14.4. The molecule has 0 bridgehead atoms. The molecule has 6 aromatic carbocycles. The van der Waals surface area contributed by atoms with Crippen LogP contribution in [0, 0.1) is 6.92 Å². The lowest BCUT2D eigenvalue weighted by molar-refractivity contribution is -0.690. The summed E-state index contributed by atoms with van der Waals surface area (Å²) in [5.74, 6) is 0.104. The molecule has 0 spiro atoms. The van der Waals surface area contributed by atoms with Crippen LogP contribution in [0.15, 0.2) is 146 Å². The van der Waals surface area contributed by atoms with Gasteiger partial charge in [-0.2, -0.15) is 132 Å². The van der Waals surface area contributed by atoms with E-state index in [9.17, 15) is 110 Å². The first-order chi connectivity index (χ1) is 36.5. The number of nitrogens with zero attached hydrogens (tertiary/aromatic N) is 2. The second kappa shape index (κ2) is 21.8. The number of Topliss-reactive ketones (excluding diaryl/α,β-unsaturated/α-hetero) is 1. The molecule has 7 aromatic rings. The van der Waals surface area contributed by atoms with Crippen LogP contribution in [0.3, 0.4) is 0 Å². The van der Waals surface area contributed by atoms with E-state index < -0.39 is 195 Å². The van der Waals surface area contributed by atoms with Crippen molar-refractivity contribution < 1.29 is 115 Å². The minimum Gasteiger partial charge on any atom is -0.287 e. The van der Waals surface area contributed by atoms with Crippen molar-refractivity contribution in [3.63, 3.8) is 0 Å². The van der Waals surface area contributed by atoms with Crippen LogP contribution in [-0.2, 0) is 62.4 Å². The maximum Gasteiger partial charge on any atom is 0.416 e. The second-order valence-electron chi connectivity index (χ2n) is 17.9. The number of rotatable bonds is 9. The molecule has 0 radical (unpaired) electrons. The van der Waals surface area contributed by atoms with Crippen molar-refractivity contribution in [3.8, 4) is 0 Å². The Labute approximate surface area is 435 Å². The van der Waals surface area contributed by atoms with Gasteiger partial charge in [0, 0.05) is 5.56 Å². The predicted molar refractivity (Wildman–Crippen MR) is 239 cm³/mol. The zero-order valence-electron chi connectivity index (χ0n) is 39.7. The molecule has 0 aliphatic rings. The van der Waals surface area contributed by atoms with Gasteiger partial charge in [-0.25, -0.2) is 0 Å². The van der Waals surface area contributed by atoms with Gasteiger partial charge in [0.2, 0.25) is 18.0 Å². The van der Waals surface area contributed by atoms with Gasteiger partial charge in [-0.05, 0) is 36.8 Å².